The van der Waals surface area contributed by atoms with Crippen molar-refractivity contribution in [1.82, 2.24) is 0 Å². The maximum absolute atomic E-state index is 2.48. The van der Waals surface area contributed by atoms with E-state index in [2.05, 4.69) is 196 Å². The van der Waals surface area contributed by atoms with E-state index in [4.69, 9.17) is 0 Å². The summed E-state index contributed by atoms with van der Waals surface area (Å²) >= 11 is 1.95. The van der Waals surface area contributed by atoms with Gasteiger partial charge in [-0.2, -0.15) is 0 Å². The molecule has 1 aliphatic carbocycles. The van der Waals surface area contributed by atoms with E-state index in [0.29, 0.717) is 0 Å². The molecule has 0 fully saturated rings. The molecule has 0 saturated carbocycles. The quantitative estimate of drug-likeness (QED) is 0.159. The van der Waals surface area contributed by atoms with Gasteiger partial charge in [0.2, 0.25) is 0 Å². The highest BCUT2D eigenvalue weighted by Gasteiger charge is 2.39. The largest absolute Gasteiger partial charge is 0.134 e. The molecule has 1 aliphatic rings. The molecule has 10 aromatic carbocycles. The fourth-order valence-electron chi connectivity index (χ4n) is 10.1. The van der Waals surface area contributed by atoms with Gasteiger partial charge >= 0.3 is 0 Å². The smallest absolute Gasteiger partial charge is 0.0443 e. The molecule has 0 unspecified atom stereocenters. The zero-order valence-electron chi connectivity index (χ0n) is 31.2. The van der Waals surface area contributed by atoms with Gasteiger partial charge in [0.15, 0.2) is 0 Å². The van der Waals surface area contributed by atoms with Crippen molar-refractivity contribution in [3.8, 4) is 44.5 Å². The van der Waals surface area contributed by atoms with Gasteiger partial charge in [-0.15, -0.1) is 11.3 Å². The molecular formula is C55H36S. The summed E-state index contributed by atoms with van der Waals surface area (Å²) in [5.41, 5.74) is 13.1. The molecule has 1 heteroatoms. The van der Waals surface area contributed by atoms with Gasteiger partial charge in [-0.1, -0.05) is 172 Å². The number of benzene rings is 10. The second kappa shape index (κ2) is 11.7. The van der Waals surface area contributed by atoms with Crippen molar-refractivity contribution in [2.75, 3.05) is 0 Å². The average molecular weight is 729 g/mol. The highest BCUT2D eigenvalue weighted by molar-refractivity contribution is 7.26. The molecule has 1 heterocycles. The second-order valence-electron chi connectivity index (χ2n) is 16.0. The molecule has 11 aromatic rings. The van der Waals surface area contributed by atoms with Crippen molar-refractivity contribution in [2.45, 2.75) is 19.3 Å². The lowest BCUT2D eigenvalue weighted by Gasteiger charge is -2.24. The van der Waals surface area contributed by atoms with Gasteiger partial charge < -0.3 is 0 Å². The minimum Gasteiger partial charge on any atom is -0.134 e. The van der Waals surface area contributed by atoms with Crippen LogP contribution in [0, 0.1) is 0 Å². The SMILES string of the molecule is CC1(C)c2cc(-c3ccc4cc(-c5c6ccccc6c(-c6ccccc6)c6ccccc56)ccc4c3)ccc2-c2c1c1ccccc1c1c2sc2ccccc21. The first-order valence-electron chi connectivity index (χ1n) is 19.6. The summed E-state index contributed by atoms with van der Waals surface area (Å²) < 4.78 is 2.77. The van der Waals surface area contributed by atoms with Crippen LogP contribution in [-0.2, 0) is 5.41 Å². The van der Waals surface area contributed by atoms with Gasteiger partial charge in [-0.25, -0.2) is 0 Å². The van der Waals surface area contributed by atoms with Crippen molar-refractivity contribution in [3.63, 3.8) is 0 Å². The van der Waals surface area contributed by atoms with E-state index in [0.717, 1.165) is 0 Å². The number of hydrogen-bond acceptors (Lipinski definition) is 1. The highest BCUT2D eigenvalue weighted by atomic mass is 32.1. The zero-order valence-corrected chi connectivity index (χ0v) is 32.0. The Hall–Kier alpha value is -6.54. The fraction of sp³-hybridized carbons (Fsp3) is 0.0545. The average Bonchev–Trinajstić information content (AvgIpc) is 3.75. The molecule has 0 aliphatic heterocycles. The molecule has 1 aromatic heterocycles. The van der Waals surface area contributed by atoms with Crippen LogP contribution in [0.3, 0.4) is 0 Å². The molecule has 56 heavy (non-hydrogen) atoms. The van der Waals surface area contributed by atoms with Crippen LogP contribution in [0.4, 0.5) is 0 Å². The van der Waals surface area contributed by atoms with Crippen molar-refractivity contribution in [2.24, 2.45) is 0 Å². The van der Waals surface area contributed by atoms with Crippen LogP contribution in [0.15, 0.2) is 182 Å². The Morgan fingerprint density at radius 3 is 1.55 bits per heavy atom. The Morgan fingerprint density at radius 1 is 0.375 bits per heavy atom. The number of rotatable bonds is 3. The molecule has 0 nitrogen and oxygen atoms in total. The lowest BCUT2D eigenvalue weighted by Crippen LogP contribution is -2.15. The predicted molar refractivity (Wildman–Crippen MR) is 243 cm³/mol. The lowest BCUT2D eigenvalue weighted by atomic mass is 9.79. The van der Waals surface area contributed by atoms with Crippen LogP contribution in [0.2, 0.25) is 0 Å². The van der Waals surface area contributed by atoms with Gasteiger partial charge in [0.25, 0.3) is 0 Å². The third-order valence-corrected chi connectivity index (χ3v) is 13.8. The van der Waals surface area contributed by atoms with Crippen molar-refractivity contribution in [1.29, 1.82) is 0 Å². The van der Waals surface area contributed by atoms with E-state index < -0.39 is 0 Å². The number of fused-ring (bicyclic) bond motifs is 13. The third-order valence-electron chi connectivity index (χ3n) is 12.6. The van der Waals surface area contributed by atoms with Gasteiger partial charge in [0.1, 0.15) is 0 Å². The summed E-state index contributed by atoms with van der Waals surface area (Å²) in [6.45, 7) is 4.85. The van der Waals surface area contributed by atoms with Crippen molar-refractivity contribution < 1.29 is 0 Å². The van der Waals surface area contributed by atoms with Crippen molar-refractivity contribution in [3.05, 3.63) is 193 Å². The Bertz CT molecular complexity index is 3380. The Balaban J connectivity index is 0.998. The van der Waals surface area contributed by atoms with Gasteiger partial charge in [-0.3, -0.25) is 0 Å². The monoisotopic (exact) mass is 728 g/mol. The summed E-state index contributed by atoms with van der Waals surface area (Å²) in [6.07, 6.45) is 0. The van der Waals surface area contributed by atoms with Gasteiger partial charge in [0.05, 0.1) is 0 Å². The fourth-order valence-corrected chi connectivity index (χ4v) is 11.4. The Morgan fingerprint density at radius 2 is 0.875 bits per heavy atom. The Kier molecular flexibility index (Phi) is 6.66. The molecule has 0 spiro atoms. The third kappa shape index (κ3) is 4.41. The maximum atomic E-state index is 2.48. The zero-order chi connectivity index (χ0) is 37.1. The van der Waals surface area contributed by atoms with E-state index in [1.54, 1.807) is 0 Å². The van der Waals surface area contributed by atoms with E-state index in [1.807, 2.05) is 11.3 Å². The standard InChI is InChI=1S/C55H36S/c1-55(2)47-32-37(28-29-45(47)52-53(55)44-21-11-10-20-43(44)51-46-22-12-13-23-48(46)56-54(51)52)35-24-25-36-31-38(27-26-34(36)30-35)50-41-18-8-6-16-39(41)49(33-14-4-3-5-15-33)40-17-7-9-19-42(40)50/h3-32H,1-2H3. The highest BCUT2D eigenvalue weighted by Crippen LogP contribution is 2.57. The predicted octanol–water partition coefficient (Wildman–Crippen LogP) is 16.0. The molecule has 0 radical (unpaired) electrons. The summed E-state index contributed by atoms with van der Waals surface area (Å²) in [5.74, 6) is 0. The number of hydrogen-bond donors (Lipinski definition) is 0. The van der Waals surface area contributed by atoms with E-state index in [-0.39, 0.29) is 5.41 Å². The molecular weight excluding hydrogens is 693 g/mol. The molecule has 262 valence electrons. The minimum absolute atomic E-state index is 0.141. The van der Waals surface area contributed by atoms with E-state index >= 15 is 0 Å². The van der Waals surface area contributed by atoms with Crippen LogP contribution in [0.1, 0.15) is 25.0 Å². The lowest BCUT2D eigenvalue weighted by molar-refractivity contribution is 0.667. The first-order valence-corrected chi connectivity index (χ1v) is 20.4. The normalized spacial score (nSPS) is 13.3. The van der Waals surface area contributed by atoms with Crippen LogP contribution >= 0.6 is 11.3 Å². The molecule has 0 saturated heterocycles. The first kappa shape index (κ1) is 31.8. The summed E-state index contributed by atoms with van der Waals surface area (Å²) in [6, 6.07) is 67.9. The molecule has 0 atom stereocenters. The minimum atomic E-state index is -0.141. The Labute approximate surface area is 329 Å². The summed E-state index contributed by atoms with van der Waals surface area (Å²) in [4.78, 5) is 0. The van der Waals surface area contributed by atoms with E-state index in [9.17, 15) is 0 Å². The van der Waals surface area contributed by atoms with Crippen molar-refractivity contribution >= 4 is 74.6 Å². The van der Waals surface area contributed by atoms with Crippen LogP contribution < -0.4 is 0 Å². The second-order valence-corrected chi connectivity index (χ2v) is 17.0. The van der Waals surface area contributed by atoms with Crippen LogP contribution in [0.25, 0.3) is 108 Å². The molecule has 0 bridgehead atoms. The van der Waals surface area contributed by atoms with Gasteiger partial charge in [0, 0.05) is 31.2 Å². The maximum Gasteiger partial charge on any atom is 0.0443 e. The van der Waals surface area contributed by atoms with Crippen LogP contribution in [-0.4, -0.2) is 0 Å². The van der Waals surface area contributed by atoms with E-state index in [1.165, 1.54) is 119 Å². The molecule has 12 rings (SSSR count). The molecule has 0 amide bonds. The first-order chi connectivity index (χ1) is 27.5. The number of thiophene rings is 1. The van der Waals surface area contributed by atoms with Gasteiger partial charge in [-0.05, 0) is 117 Å². The summed E-state index contributed by atoms with van der Waals surface area (Å²) in [7, 11) is 0. The topological polar surface area (TPSA) is 0 Å². The molecule has 0 N–H and O–H groups in total. The summed E-state index contributed by atoms with van der Waals surface area (Å²) in [5, 5.41) is 13.1. The van der Waals surface area contributed by atoms with Crippen LogP contribution in [0.5, 0.6) is 0 Å².